The Morgan fingerprint density at radius 1 is 1.40 bits per heavy atom. The number of primary amides is 1. The van der Waals surface area contributed by atoms with Gasteiger partial charge >= 0.3 is 0 Å². The number of aromatic nitrogens is 3. The summed E-state index contributed by atoms with van der Waals surface area (Å²) in [5, 5.41) is 2.89. The molecule has 9 nitrogen and oxygen atoms in total. The molecule has 0 spiro atoms. The molecule has 0 aromatic carbocycles. The summed E-state index contributed by atoms with van der Waals surface area (Å²) >= 11 is 0. The first-order chi connectivity index (χ1) is 9.60. The molecule has 0 saturated carbocycles. The van der Waals surface area contributed by atoms with Crippen LogP contribution >= 0.6 is 0 Å². The third kappa shape index (κ3) is 3.44. The lowest BCUT2D eigenvalue weighted by Gasteiger charge is -2.27. The molecule has 1 amide bonds. The third-order valence-electron chi connectivity index (χ3n) is 2.86. The minimum atomic E-state index is -0.438. The molecule has 1 aromatic heterocycles. The zero-order valence-electron chi connectivity index (χ0n) is 11.7. The Morgan fingerprint density at radius 2 is 2.10 bits per heavy atom. The number of ether oxygens (including phenoxy) is 1. The van der Waals surface area contributed by atoms with Crippen molar-refractivity contribution in [1.82, 2.24) is 15.0 Å². The van der Waals surface area contributed by atoms with E-state index < -0.39 is 5.91 Å². The van der Waals surface area contributed by atoms with E-state index in [1.807, 2.05) is 4.90 Å². The van der Waals surface area contributed by atoms with Gasteiger partial charge < -0.3 is 25.6 Å². The summed E-state index contributed by atoms with van der Waals surface area (Å²) in [6.07, 6.45) is 0. The molecule has 20 heavy (non-hydrogen) atoms. The SMILES string of the molecule is CNc1nc(N(C)CC(N)=O)nc(N2CCOCC2)n1. The first-order valence-corrected chi connectivity index (χ1v) is 6.36. The van der Waals surface area contributed by atoms with Gasteiger partial charge in [-0.1, -0.05) is 0 Å². The highest BCUT2D eigenvalue weighted by atomic mass is 16.5. The van der Waals surface area contributed by atoms with E-state index in [0.717, 1.165) is 13.1 Å². The average molecular weight is 281 g/mol. The third-order valence-corrected chi connectivity index (χ3v) is 2.86. The van der Waals surface area contributed by atoms with Crippen molar-refractivity contribution in [2.24, 2.45) is 5.73 Å². The minimum Gasteiger partial charge on any atom is -0.378 e. The molecule has 0 atom stereocenters. The van der Waals surface area contributed by atoms with Gasteiger partial charge in [-0.05, 0) is 0 Å². The monoisotopic (exact) mass is 281 g/mol. The molecule has 2 rings (SSSR count). The molecule has 0 aliphatic carbocycles. The molecule has 2 heterocycles. The lowest BCUT2D eigenvalue weighted by Crippen LogP contribution is -2.38. The zero-order valence-corrected chi connectivity index (χ0v) is 11.7. The molecule has 3 N–H and O–H groups in total. The zero-order chi connectivity index (χ0) is 14.5. The smallest absolute Gasteiger partial charge is 0.237 e. The molecular weight excluding hydrogens is 262 g/mol. The number of nitrogens with one attached hydrogen (secondary N) is 1. The molecule has 1 aromatic rings. The number of carbonyl (C=O) groups excluding carboxylic acids is 1. The number of likely N-dealkylation sites (N-methyl/N-ethyl adjacent to an activating group) is 1. The van der Waals surface area contributed by atoms with E-state index in [9.17, 15) is 4.79 Å². The van der Waals surface area contributed by atoms with Gasteiger partial charge in [0.15, 0.2) is 0 Å². The van der Waals surface area contributed by atoms with Crippen LogP contribution in [0.1, 0.15) is 0 Å². The Labute approximate surface area is 117 Å². The number of nitrogens with two attached hydrogens (primary N) is 1. The standard InChI is InChI=1S/C11H19N7O2/c1-13-9-14-10(17(2)7-8(12)19)16-11(15-9)18-3-5-20-6-4-18/h3-7H2,1-2H3,(H2,12,19)(H,13,14,15,16). The number of hydrogen-bond donors (Lipinski definition) is 2. The summed E-state index contributed by atoms with van der Waals surface area (Å²) in [5.41, 5.74) is 5.19. The Balaban J connectivity index is 2.25. The van der Waals surface area contributed by atoms with Crippen molar-refractivity contribution in [3.05, 3.63) is 0 Å². The van der Waals surface area contributed by atoms with Crippen LogP contribution in [0.15, 0.2) is 0 Å². The fourth-order valence-corrected chi connectivity index (χ4v) is 1.85. The van der Waals surface area contributed by atoms with Crippen molar-refractivity contribution in [3.8, 4) is 0 Å². The highest BCUT2D eigenvalue weighted by molar-refractivity contribution is 5.78. The first kappa shape index (κ1) is 14.3. The molecule has 110 valence electrons. The van der Waals surface area contributed by atoms with Gasteiger partial charge in [-0.2, -0.15) is 15.0 Å². The fourth-order valence-electron chi connectivity index (χ4n) is 1.85. The molecule has 0 bridgehead atoms. The van der Waals surface area contributed by atoms with E-state index >= 15 is 0 Å². The molecular formula is C11H19N7O2. The fraction of sp³-hybridized carbons (Fsp3) is 0.636. The predicted molar refractivity (Wildman–Crippen MR) is 74.9 cm³/mol. The Hall–Kier alpha value is -2.16. The van der Waals surface area contributed by atoms with E-state index in [2.05, 4.69) is 20.3 Å². The van der Waals surface area contributed by atoms with Gasteiger partial charge in [-0.25, -0.2) is 0 Å². The normalized spacial score (nSPS) is 15.0. The highest BCUT2D eigenvalue weighted by Crippen LogP contribution is 2.16. The van der Waals surface area contributed by atoms with Gasteiger partial charge in [0.25, 0.3) is 0 Å². The van der Waals surface area contributed by atoms with Gasteiger partial charge in [0.2, 0.25) is 23.8 Å². The quantitative estimate of drug-likeness (QED) is 0.683. The van der Waals surface area contributed by atoms with Crippen LogP contribution in [0, 0.1) is 0 Å². The highest BCUT2D eigenvalue weighted by Gasteiger charge is 2.18. The number of anilines is 3. The van der Waals surface area contributed by atoms with Crippen molar-refractivity contribution in [2.45, 2.75) is 0 Å². The Kier molecular flexibility index (Phi) is 4.51. The summed E-state index contributed by atoms with van der Waals surface area (Å²) in [4.78, 5) is 27.5. The minimum absolute atomic E-state index is 0.0513. The van der Waals surface area contributed by atoms with Crippen molar-refractivity contribution in [2.75, 3.05) is 62.1 Å². The summed E-state index contributed by atoms with van der Waals surface area (Å²) in [6.45, 7) is 2.80. The maximum absolute atomic E-state index is 11.0. The number of amides is 1. The molecule has 1 aliphatic rings. The molecule has 1 fully saturated rings. The second-order valence-corrected chi connectivity index (χ2v) is 4.43. The lowest BCUT2D eigenvalue weighted by molar-refractivity contribution is -0.116. The lowest BCUT2D eigenvalue weighted by atomic mass is 10.4. The maximum Gasteiger partial charge on any atom is 0.237 e. The van der Waals surface area contributed by atoms with Crippen molar-refractivity contribution in [3.63, 3.8) is 0 Å². The summed E-state index contributed by atoms with van der Waals surface area (Å²) in [6, 6.07) is 0. The molecule has 9 heteroatoms. The van der Waals surface area contributed by atoms with E-state index in [-0.39, 0.29) is 6.54 Å². The molecule has 0 radical (unpaired) electrons. The second-order valence-electron chi connectivity index (χ2n) is 4.43. The van der Waals surface area contributed by atoms with Gasteiger partial charge in [0, 0.05) is 27.2 Å². The predicted octanol–water partition coefficient (Wildman–Crippen LogP) is -1.33. The first-order valence-electron chi connectivity index (χ1n) is 6.36. The van der Waals surface area contributed by atoms with Crippen molar-refractivity contribution in [1.29, 1.82) is 0 Å². The van der Waals surface area contributed by atoms with Crippen LogP contribution < -0.4 is 20.9 Å². The Bertz CT molecular complexity index is 476. The molecule has 0 unspecified atom stereocenters. The summed E-state index contributed by atoms with van der Waals surface area (Å²) < 4.78 is 5.31. The van der Waals surface area contributed by atoms with Gasteiger partial charge in [-0.15, -0.1) is 0 Å². The van der Waals surface area contributed by atoms with Crippen LogP contribution in [0.4, 0.5) is 17.8 Å². The van der Waals surface area contributed by atoms with Gasteiger partial charge in [-0.3, -0.25) is 4.79 Å². The average Bonchev–Trinajstić information content (AvgIpc) is 2.47. The van der Waals surface area contributed by atoms with E-state index in [1.165, 1.54) is 0 Å². The van der Waals surface area contributed by atoms with Crippen LogP contribution in [-0.2, 0) is 9.53 Å². The number of nitrogens with zero attached hydrogens (tertiary/aromatic N) is 5. The summed E-state index contributed by atoms with van der Waals surface area (Å²) in [7, 11) is 3.44. The van der Waals surface area contributed by atoms with Crippen LogP contribution in [0.25, 0.3) is 0 Å². The van der Waals surface area contributed by atoms with Crippen LogP contribution in [0.2, 0.25) is 0 Å². The van der Waals surface area contributed by atoms with Crippen molar-refractivity contribution < 1.29 is 9.53 Å². The topological polar surface area (TPSA) is 110 Å². The number of morpholine rings is 1. The molecule has 1 saturated heterocycles. The van der Waals surface area contributed by atoms with Crippen molar-refractivity contribution >= 4 is 23.8 Å². The Morgan fingerprint density at radius 3 is 2.70 bits per heavy atom. The molecule has 1 aliphatic heterocycles. The summed E-state index contributed by atoms with van der Waals surface area (Å²) in [5.74, 6) is 0.989. The number of carbonyl (C=O) groups is 1. The van der Waals surface area contributed by atoms with Crippen LogP contribution in [0.3, 0.4) is 0 Å². The number of hydrogen-bond acceptors (Lipinski definition) is 8. The van der Waals surface area contributed by atoms with E-state index in [0.29, 0.717) is 31.1 Å². The maximum atomic E-state index is 11.0. The van der Waals surface area contributed by atoms with Gasteiger partial charge in [0.1, 0.15) is 0 Å². The van der Waals surface area contributed by atoms with Crippen LogP contribution in [0.5, 0.6) is 0 Å². The second kappa shape index (κ2) is 6.33. The van der Waals surface area contributed by atoms with Crippen LogP contribution in [-0.4, -0.2) is 67.8 Å². The van der Waals surface area contributed by atoms with E-state index in [4.69, 9.17) is 10.5 Å². The number of rotatable bonds is 5. The van der Waals surface area contributed by atoms with E-state index in [1.54, 1.807) is 19.0 Å². The largest absolute Gasteiger partial charge is 0.378 e. The van der Waals surface area contributed by atoms with Gasteiger partial charge in [0.05, 0.1) is 19.8 Å².